The second-order valence-electron chi connectivity index (χ2n) is 7.54. The van der Waals surface area contributed by atoms with Crippen molar-refractivity contribution < 1.29 is 9.53 Å². The molecule has 5 heteroatoms. The molecule has 1 amide bonds. The molecule has 5 nitrogen and oxygen atoms in total. The van der Waals surface area contributed by atoms with Gasteiger partial charge in [0.2, 0.25) is 5.91 Å². The highest BCUT2D eigenvalue weighted by Gasteiger charge is 2.31. The van der Waals surface area contributed by atoms with Gasteiger partial charge >= 0.3 is 0 Å². The van der Waals surface area contributed by atoms with Gasteiger partial charge in [0.05, 0.1) is 5.92 Å². The number of aromatic nitrogens is 2. The molecule has 2 aliphatic rings. The molecule has 1 aromatic carbocycles. The predicted octanol–water partition coefficient (Wildman–Crippen LogP) is 3.07. The van der Waals surface area contributed by atoms with E-state index in [0.717, 1.165) is 56.0 Å². The lowest BCUT2D eigenvalue weighted by atomic mass is 9.91. The number of nitrogens with zero attached hydrogens (tertiary/aromatic N) is 3. The topological polar surface area (TPSA) is 47.4 Å². The average molecular weight is 353 g/mol. The van der Waals surface area contributed by atoms with Gasteiger partial charge in [-0.3, -0.25) is 4.79 Å². The molecule has 1 saturated heterocycles. The van der Waals surface area contributed by atoms with Crippen LogP contribution in [0.3, 0.4) is 0 Å². The molecule has 1 fully saturated rings. The number of fused-ring (bicyclic) bond motifs is 1. The van der Waals surface area contributed by atoms with Crippen LogP contribution in [-0.2, 0) is 17.8 Å². The molecule has 3 heterocycles. The minimum atomic E-state index is -0.0324. The Morgan fingerprint density at radius 3 is 2.85 bits per heavy atom. The Labute approximate surface area is 155 Å². The molecule has 0 spiro atoms. The number of hydrogen-bond donors (Lipinski definition) is 0. The summed E-state index contributed by atoms with van der Waals surface area (Å²) in [5.74, 6) is 2.95. The smallest absolute Gasteiger partial charge is 0.229 e. The van der Waals surface area contributed by atoms with Crippen molar-refractivity contribution in [1.82, 2.24) is 14.5 Å². The molecule has 0 unspecified atom stereocenters. The number of benzene rings is 1. The third-order valence-corrected chi connectivity index (χ3v) is 5.86. The summed E-state index contributed by atoms with van der Waals surface area (Å²) < 4.78 is 8.02. The highest BCUT2D eigenvalue weighted by Crippen LogP contribution is 2.29. The fourth-order valence-corrected chi connectivity index (χ4v) is 4.15. The van der Waals surface area contributed by atoms with E-state index in [9.17, 15) is 4.79 Å². The maximum absolute atomic E-state index is 12.9. The predicted molar refractivity (Wildman–Crippen MR) is 100 cm³/mol. The van der Waals surface area contributed by atoms with E-state index in [1.807, 2.05) is 31.3 Å². The maximum Gasteiger partial charge on any atom is 0.229 e. The third-order valence-electron chi connectivity index (χ3n) is 5.86. The normalized spacial score (nSPS) is 20.5. The molecule has 0 saturated carbocycles. The lowest BCUT2D eigenvalue weighted by molar-refractivity contribution is -0.138. The Kier molecular flexibility index (Phi) is 4.96. The number of carbonyl (C=O) groups is 1. The number of carbonyl (C=O) groups excluding carboxylic acids is 1. The van der Waals surface area contributed by atoms with E-state index in [-0.39, 0.29) is 11.8 Å². The number of aryl methyl sites for hydroxylation is 2. The minimum absolute atomic E-state index is 0.0324. The minimum Gasteiger partial charge on any atom is -0.492 e. The third kappa shape index (κ3) is 3.62. The van der Waals surface area contributed by atoms with Crippen molar-refractivity contribution in [2.24, 2.45) is 11.8 Å². The monoisotopic (exact) mass is 353 g/mol. The molecule has 0 N–H and O–H groups in total. The SMILES string of the molecule is Cc1nccn1CCC1CCN(C(=O)[C@@H]2COc3ccccc3C2)CC1. The van der Waals surface area contributed by atoms with Crippen LogP contribution in [0.15, 0.2) is 36.7 Å². The van der Waals surface area contributed by atoms with Gasteiger partial charge in [0, 0.05) is 32.0 Å². The van der Waals surface area contributed by atoms with Crippen LogP contribution >= 0.6 is 0 Å². The van der Waals surface area contributed by atoms with E-state index in [2.05, 4.69) is 26.7 Å². The Morgan fingerprint density at radius 1 is 1.27 bits per heavy atom. The summed E-state index contributed by atoms with van der Waals surface area (Å²) in [6.45, 7) is 5.34. The standard InChI is InChI=1S/C21H27N3O2/c1-16-22-9-13-23(16)10-6-17-7-11-24(12-8-17)21(25)19-14-18-4-2-3-5-20(18)26-15-19/h2-5,9,13,17,19H,6-8,10-12,14-15H2,1H3/t19-/m0/s1. The second kappa shape index (κ2) is 7.52. The van der Waals surface area contributed by atoms with Gasteiger partial charge in [0.15, 0.2) is 0 Å². The van der Waals surface area contributed by atoms with Gasteiger partial charge in [-0.25, -0.2) is 4.98 Å². The van der Waals surface area contributed by atoms with Crippen LogP contribution in [0.2, 0.25) is 0 Å². The number of piperidine rings is 1. The van der Waals surface area contributed by atoms with Crippen molar-refractivity contribution in [3.63, 3.8) is 0 Å². The number of ether oxygens (including phenoxy) is 1. The first-order valence-electron chi connectivity index (χ1n) is 9.68. The van der Waals surface area contributed by atoms with Gasteiger partial charge in [0.25, 0.3) is 0 Å². The largest absolute Gasteiger partial charge is 0.492 e. The molecule has 4 rings (SSSR count). The summed E-state index contributed by atoms with van der Waals surface area (Å²) in [4.78, 5) is 19.2. The van der Waals surface area contributed by atoms with Crippen LogP contribution in [0, 0.1) is 18.8 Å². The highest BCUT2D eigenvalue weighted by atomic mass is 16.5. The zero-order chi connectivity index (χ0) is 17.9. The molecule has 138 valence electrons. The molecule has 1 atom stereocenters. The van der Waals surface area contributed by atoms with Gasteiger partial charge < -0.3 is 14.2 Å². The first kappa shape index (κ1) is 17.1. The van der Waals surface area contributed by atoms with Crippen LogP contribution in [0.25, 0.3) is 0 Å². The van der Waals surface area contributed by atoms with Crippen LogP contribution in [0.4, 0.5) is 0 Å². The van der Waals surface area contributed by atoms with Crippen molar-refractivity contribution in [2.45, 2.75) is 39.2 Å². The molecule has 0 radical (unpaired) electrons. The van der Waals surface area contributed by atoms with Crippen LogP contribution in [-0.4, -0.2) is 40.1 Å². The van der Waals surface area contributed by atoms with Crippen molar-refractivity contribution in [3.05, 3.63) is 48.0 Å². The van der Waals surface area contributed by atoms with Gasteiger partial charge in [-0.1, -0.05) is 18.2 Å². The highest BCUT2D eigenvalue weighted by molar-refractivity contribution is 5.80. The molecule has 26 heavy (non-hydrogen) atoms. The summed E-state index contributed by atoms with van der Waals surface area (Å²) in [6, 6.07) is 8.06. The van der Waals surface area contributed by atoms with E-state index in [1.165, 1.54) is 6.42 Å². The van der Waals surface area contributed by atoms with Gasteiger partial charge in [-0.05, 0) is 50.2 Å². The second-order valence-corrected chi connectivity index (χ2v) is 7.54. The quantitative estimate of drug-likeness (QED) is 0.849. The molecule has 0 bridgehead atoms. The van der Waals surface area contributed by atoms with E-state index in [0.29, 0.717) is 12.5 Å². The number of amides is 1. The summed E-state index contributed by atoms with van der Waals surface area (Å²) in [7, 11) is 0. The van der Waals surface area contributed by atoms with Crippen LogP contribution in [0.1, 0.15) is 30.7 Å². The Balaban J connectivity index is 1.27. The Bertz CT molecular complexity index is 762. The molecule has 2 aromatic rings. The van der Waals surface area contributed by atoms with Crippen molar-refractivity contribution in [3.8, 4) is 5.75 Å². The fourth-order valence-electron chi connectivity index (χ4n) is 4.15. The molecule has 2 aliphatic heterocycles. The van der Waals surface area contributed by atoms with Gasteiger partial charge in [0.1, 0.15) is 18.2 Å². The summed E-state index contributed by atoms with van der Waals surface area (Å²) in [6.07, 6.45) is 8.08. The van der Waals surface area contributed by atoms with E-state index < -0.39 is 0 Å². The van der Waals surface area contributed by atoms with E-state index in [1.54, 1.807) is 0 Å². The zero-order valence-electron chi connectivity index (χ0n) is 15.4. The number of likely N-dealkylation sites (tertiary alicyclic amines) is 1. The van der Waals surface area contributed by atoms with Crippen molar-refractivity contribution in [2.75, 3.05) is 19.7 Å². The number of hydrogen-bond acceptors (Lipinski definition) is 3. The number of rotatable bonds is 4. The van der Waals surface area contributed by atoms with Gasteiger partial charge in [-0.2, -0.15) is 0 Å². The molecule has 0 aliphatic carbocycles. The lowest BCUT2D eigenvalue weighted by Crippen LogP contribution is -2.44. The first-order chi connectivity index (χ1) is 12.7. The van der Waals surface area contributed by atoms with Crippen molar-refractivity contribution in [1.29, 1.82) is 0 Å². The van der Waals surface area contributed by atoms with E-state index >= 15 is 0 Å². The summed E-state index contributed by atoms with van der Waals surface area (Å²) in [5, 5.41) is 0. The van der Waals surface area contributed by atoms with Crippen LogP contribution in [0.5, 0.6) is 5.75 Å². The average Bonchev–Trinajstić information content (AvgIpc) is 3.10. The van der Waals surface area contributed by atoms with Crippen LogP contribution < -0.4 is 4.74 Å². The van der Waals surface area contributed by atoms with Crippen molar-refractivity contribution >= 4 is 5.91 Å². The Hall–Kier alpha value is -2.30. The Morgan fingerprint density at radius 2 is 2.08 bits per heavy atom. The first-order valence-corrected chi connectivity index (χ1v) is 9.68. The summed E-state index contributed by atoms with van der Waals surface area (Å²) >= 11 is 0. The fraction of sp³-hybridized carbons (Fsp3) is 0.524. The summed E-state index contributed by atoms with van der Waals surface area (Å²) in [5.41, 5.74) is 1.16. The number of para-hydroxylation sites is 1. The lowest BCUT2D eigenvalue weighted by Gasteiger charge is -2.35. The molecular formula is C21H27N3O2. The maximum atomic E-state index is 12.9. The van der Waals surface area contributed by atoms with E-state index in [4.69, 9.17) is 4.74 Å². The number of imidazole rings is 1. The molecule has 1 aromatic heterocycles. The zero-order valence-corrected chi connectivity index (χ0v) is 15.4. The molecular weight excluding hydrogens is 326 g/mol. The van der Waals surface area contributed by atoms with Gasteiger partial charge in [-0.15, -0.1) is 0 Å².